The number of amides is 1. The van der Waals surface area contributed by atoms with Crippen molar-refractivity contribution in [1.29, 1.82) is 0 Å². The maximum Gasteiger partial charge on any atom is 0.271 e. The second-order valence-electron chi connectivity index (χ2n) is 4.70. The summed E-state index contributed by atoms with van der Waals surface area (Å²) in [6, 6.07) is 15.0. The number of thiazole rings is 1. The van der Waals surface area contributed by atoms with Gasteiger partial charge in [0.15, 0.2) is 0 Å². The molecule has 2 aromatic carbocycles. The number of nitrogens with zero attached hydrogens (tertiary/aromatic N) is 2. The average Bonchev–Trinajstić information content (AvgIpc) is 2.89. The molecule has 3 rings (SSSR count). The largest absolute Gasteiger partial charge is 0.497 e. The van der Waals surface area contributed by atoms with Crippen LogP contribution in [0, 0.1) is 0 Å². The second kappa shape index (κ2) is 6.03. The van der Waals surface area contributed by atoms with Gasteiger partial charge in [0.1, 0.15) is 5.75 Å². The van der Waals surface area contributed by atoms with Crippen LogP contribution in [-0.4, -0.2) is 17.6 Å². The molecule has 1 aromatic heterocycles. The molecule has 0 spiro atoms. The zero-order valence-corrected chi connectivity index (χ0v) is 13.1. The number of methoxy groups -OCH3 is 1. The summed E-state index contributed by atoms with van der Waals surface area (Å²) >= 11 is 1.53. The van der Waals surface area contributed by atoms with E-state index in [4.69, 9.17) is 4.74 Å². The minimum absolute atomic E-state index is 0.267. The maximum atomic E-state index is 12.1. The van der Waals surface area contributed by atoms with Gasteiger partial charge in [-0.2, -0.15) is 0 Å². The molecule has 112 valence electrons. The van der Waals surface area contributed by atoms with E-state index in [1.807, 2.05) is 35.9 Å². The van der Waals surface area contributed by atoms with Crippen LogP contribution < -0.4 is 15.0 Å². The smallest absolute Gasteiger partial charge is 0.271 e. The Labute approximate surface area is 131 Å². The second-order valence-corrected chi connectivity index (χ2v) is 5.71. The summed E-state index contributed by atoms with van der Waals surface area (Å²) in [6.07, 6.45) is 0. The molecule has 0 saturated carbocycles. The molecular weight excluding hydrogens is 298 g/mol. The fourth-order valence-corrected chi connectivity index (χ4v) is 3.10. The number of aryl methyl sites for hydroxylation is 1. The zero-order chi connectivity index (χ0) is 15.5. The van der Waals surface area contributed by atoms with Crippen molar-refractivity contribution in [2.75, 3.05) is 7.11 Å². The third kappa shape index (κ3) is 2.73. The fraction of sp³-hybridized carbons (Fsp3) is 0.125. The molecule has 0 radical (unpaired) electrons. The summed E-state index contributed by atoms with van der Waals surface area (Å²) in [4.78, 5) is 12.9. The lowest BCUT2D eigenvalue weighted by atomic mass is 10.2. The number of carbonyl (C=O) groups excluding carboxylic acids is 1. The van der Waals surface area contributed by atoms with Crippen molar-refractivity contribution in [3.63, 3.8) is 0 Å². The first kappa shape index (κ1) is 14.3. The Morgan fingerprint density at radius 3 is 2.82 bits per heavy atom. The van der Waals surface area contributed by atoms with Crippen molar-refractivity contribution >= 4 is 27.5 Å². The molecule has 22 heavy (non-hydrogen) atoms. The van der Waals surface area contributed by atoms with E-state index in [1.54, 1.807) is 31.4 Å². The van der Waals surface area contributed by atoms with Crippen LogP contribution in [-0.2, 0) is 7.05 Å². The Kier molecular flexibility index (Phi) is 3.93. The minimum Gasteiger partial charge on any atom is -0.497 e. The van der Waals surface area contributed by atoms with Crippen LogP contribution in [0.15, 0.2) is 53.6 Å². The predicted octanol–water partition coefficient (Wildman–Crippen LogP) is 2.49. The van der Waals surface area contributed by atoms with Crippen LogP contribution in [0.4, 0.5) is 0 Å². The van der Waals surface area contributed by atoms with Gasteiger partial charge in [0.05, 0.1) is 17.3 Å². The van der Waals surface area contributed by atoms with Gasteiger partial charge >= 0.3 is 0 Å². The van der Waals surface area contributed by atoms with Gasteiger partial charge < -0.3 is 9.30 Å². The van der Waals surface area contributed by atoms with Crippen LogP contribution in [0.2, 0.25) is 0 Å². The molecule has 6 heteroatoms. The van der Waals surface area contributed by atoms with E-state index in [1.165, 1.54) is 11.3 Å². The molecule has 1 amide bonds. The van der Waals surface area contributed by atoms with Gasteiger partial charge in [0.2, 0.25) is 4.80 Å². The fourth-order valence-electron chi connectivity index (χ4n) is 2.12. The Hall–Kier alpha value is -2.60. The number of hydrogen-bond donors (Lipinski definition) is 1. The van der Waals surface area contributed by atoms with E-state index < -0.39 is 0 Å². The van der Waals surface area contributed by atoms with Crippen molar-refractivity contribution in [3.8, 4) is 5.75 Å². The molecule has 1 N–H and O–H groups in total. The van der Waals surface area contributed by atoms with Gasteiger partial charge in [-0.15, -0.1) is 5.10 Å². The Bertz CT molecular complexity index is 896. The summed E-state index contributed by atoms with van der Waals surface area (Å²) in [6.45, 7) is 0. The van der Waals surface area contributed by atoms with E-state index in [9.17, 15) is 4.79 Å². The molecule has 0 unspecified atom stereocenters. The van der Waals surface area contributed by atoms with E-state index >= 15 is 0 Å². The Morgan fingerprint density at radius 1 is 1.23 bits per heavy atom. The number of para-hydroxylation sites is 1. The van der Waals surface area contributed by atoms with Crippen molar-refractivity contribution in [2.24, 2.45) is 12.1 Å². The molecule has 1 heterocycles. The number of aromatic nitrogens is 1. The van der Waals surface area contributed by atoms with Crippen molar-refractivity contribution in [2.45, 2.75) is 0 Å². The number of hydrogen-bond acceptors (Lipinski definition) is 4. The highest BCUT2D eigenvalue weighted by Gasteiger charge is 2.06. The first-order valence-electron chi connectivity index (χ1n) is 6.72. The quantitative estimate of drug-likeness (QED) is 0.755. The predicted molar refractivity (Wildman–Crippen MR) is 86.8 cm³/mol. The number of benzene rings is 2. The molecule has 0 saturated heterocycles. The third-order valence-corrected chi connectivity index (χ3v) is 4.41. The highest BCUT2D eigenvalue weighted by molar-refractivity contribution is 7.16. The summed E-state index contributed by atoms with van der Waals surface area (Å²) in [5.41, 5.74) is 4.18. The molecule has 5 nitrogen and oxygen atoms in total. The highest BCUT2D eigenvalue weighted by atomic mass is 32.1. The van der Waals surface area contributed by atoms with Gasteiger partial charge in [0.25, 0.3) is 5.91 Å². The van der Waals surface area contributed by atoms with E-state index in [0.717, 1.165) is 15.0 Å². The zero-order valence-electron chi connectivity index (χ0n) is 12.2. The monoisotopic (exact) mass is 313 g/mol. The van der Waals surface area contributed by atoms with Crippen molar-refractivity contribution in [1.82, 2.24) is 9.99 Å². The number of carbonyl (C=O) groups is 1. The van der Waals surface area contributed by atoms with E-state index in [-0.39, 0.29) is 5.91 Å². The van der Waals surface area contributed by atoms with Crippen molar-refractivity contribution in [3.05, 3.63) is 58.9 Å². The molecule has 0 aliphatic carbocycles. The van der Waals surface area contributed by atoms with Crippen molar-refractivity contribution < 1.29 is 9.53 Å². The van der Waals surface area contributed by atoms with E-state index in [2.05, 4.69) is 10.5 Å². The first-order chi connectivity index (χ1) is 10.7. The van der Waals surface area contributed by atoms with Crippen LogP contribution in [0.5, 0.6) is 5.75 Å². The topological polar surface area (TPSA) is 55.6 Å². The molecule has 0 aliphatic heterocycles. The summed E-state index contributed by atoms with van der Waals surface area (Å²) in [7, 11) is 3.49. The number of ether oxygens (including phenoxy) is 1. The molecule has 0 bridgehead atoms. The SMILES string of the molecule is COc1cccc(C(=O)NN=c2sc3ccccc3n2C)c1. The third-order valence-electron chi connectivity index (χ3n) is 3.30. The lowest BCUT2D eigenvalue weighted by Crippen LogP contribution is -2.23. The van der Waals surface area contributed by atoms with Gasteiger partial charge in [0, 0.05) is 12.6 Å². The lowest BCUT2D eigenvalue weighted by molar-refractivity contribution is 0.0952. The molecular formula is C16H15N3O2S. The van der Waals surface area contributed by atoms with E-state index in [0.29, 0.717) is 11.3 Å². The van der Waals surface area contributed by atoms with Crippen LogP contribution in [0.1, 0.15) is 10.4 Å². The summed E-state index contributed by atoms with van der Waals surface area (Å²) in [5, 5.41) is 4.22. The van der Waals surface area contributed by atoms with Crippen LogP contribution in [0.3, 0.4) is 0 Å². The van der Waals surface area contributed by atoms with Crippen LogP contribution >= 0.6 is 11.3 Å². The normalized spacial score (nSPS) is 11.6. The first-order valence-corrected chi connectivity index (χ1v) is 7.53. The molecule has 3 aromatic rings. The molecule has 0 aliphatic rings. The Balaban J connectivity index is 1.88. The standard InChI is InChI=1S/C16H15N3O2S/c1-19-13-8-3-4-9-14(13)22-16(19)18-17-15(20)11-6-5-7-12(10-11)21-2/h3-10H,1-2H3,(H,17,20). The minimum atomic E-state index is -0.267. The summed E-state index contributed by atoms with van der Waals surface area (Å²) in [5.74, 6) is 0.372. The highest BCUT2D eigenvalue weighted by Crippen LogP contribution is 2.15. The number of nitrogens with one attached hydrogen (secondary N) is 1. The molecule has 0 atom stereocenters. The van der Waals surface area contributed by atoms with Gasteiger partial charge in [-0.1, -0.05) is 29.5 Å². The van der Waals surface area contributed by atoms with Gasteiger partial charge in [-0.25, -0.2) is 5.43 Å². The Morgan fingerprint density at radius 2 is 2.05 bits per heavy atom. The summed E-state index contributed by atoms with van der Waals surface area (Å²) < 4.78 is 8.19. The van der Waals surface area contributed by atoms with Gasteiger partial charge in [-0.3, -0.25) is 4.79 Å². The lowest BCUT2D eigenvalue weighted by Gasteiger charge is -2.02. The van der Waals surface area contributed by atoms with Gasteiger partial charge in [-0.05, 0) is 30.3 Å². The maximum absolute atomic E-state index is 12.1. The number of fused-ring (bicyclic) bond motifs is 1. The average molecular weight is 313 g/mol. The van der Waals surface area contributed by atoms with Crippen LogP contribution in [0.25, 0.3) is 10.2 Å². The number of rotatable bonds is 3. The molecule has 0 fully saturated rings.